The van der Waals surface area contributed by atoms with E-state index in [1.54, 1.807) is 7.05 Å². The molecule has 250 valence electrons. The second-order valence-corrected chi connectivity index (χ2v) is 11.8. The quantitative estimate of drug-likeness (QED) is 0.0679. The minimum atomic E-state index is -1.41. The standard InChI is InChI=1S/C26H52N8O9/c1-26(39)12-41-24(20(37)23(26)31-2)43-22-17(33-25(38)34(40)8-7-28)9-15(30)18(19(22)36)21-16(4-3-14(10-29)42-21)32-11-13(35)5-6-27/h3,13,15-24,31-32,35-37,39-40H,4-12,27-30H2,1-2H3,(H,33,38)/t13?,15-,16+,17+,18?,19-,20+,21-,22-,23+,24+,26-/m0/s1. The molecule has 0 spiro atoms. The monoisotopic (exact) mass is 620 g/mol. The molecule has 1 aliphatic carbocycles. The molecule has 0 aromatic rings. The van der Waals surface area contributed by atoms with E-state index in [0.29, 0.717) is 30.2 Å². The molecule has 2 aliphatic heterocycles. The van der Waals surface area contributed by atoms with Crippen LogP contribution in [0.4, 0.5) is 4.79 Å². The summed E-state index contributed by atoms with van der Waals surface area (Å²) in [5.74, 6) is -0.253. The summed E-state index contributed by atoms with van der Waals surface area (Å²) in [6, 6.07) is -3.75. The zero-order valence-electron chi connectivity index (χ0n) is 24.9. The van der Waals surface area contributed by atoms with Crippen LogP contribution in [0.25, 0.3) is 0 Å². The minimum Gasteiger partial charge on any atom is -0.492 e. The van der Waals surface area contributed by atoms with Crippen molar-refractivity contribution in [3.8, 4) is 0 Å². The minimum absolute atomic E-state index is 0.0105. The normalized spacial score (nSPS) is 39.0. The van der Waals surface area contributed by atoms with Gasteiger partial charge in [0.15, 0.2) is 6.29 Å². The molecule has 0 aromatic carbocycles. The van der Waals surface area contributed by atoms with Gasteiger partial charge in [-0.2, -0.15) is 0 Å². The number of aliphatic hydroxyl groups excluding tert-OH is 3. The Kier molecular flexibility index (Phi) is 13.3. The summed E-state index contributed by atoms with van der Waals surface area (Å²) in [7, 11) is 1.58. The molecule has 17 nitrogen and oxygen atoms in total. The number of nitrogens with zero attached hydrogens (tertiary/aromatic N) is 1. The molecule has 3 aliphatic rings. The van der Waals surface area contributed by atoms with Crippen molar-refractivity contribution < 1.29 is 44.6 Å². The van der Waals surface area contributed by atoms with Crippen molar-refractivity contribution in [2.45, 2.75) is 92.8 Å². The van der Waals surface area contributed by atoms with Gasteiger partial charge in [0.25, 0.3) is 0 Å². The molecule has 12 atom stereocenters. The summed E-state index contributed by atoms with van der Waals surface area (Å²) in [5, 5.41) is 63.2. The maximum Gasteiger partial charge on any atom is 0.341 e. The molecule has 0 radical (unpaired) electrons. The number of amides is 2. The average molecular weight is 621 g/mol. The van der Waals surface area contributed by atoms with E-state index in [0.717, 1.165) is 0 Å². The number of urea groups is 1. The maximum absolute atomic E-state index is 12.7. The zero-order chi connectivity index (χ0) is 31.9. The van der Waals surface area contributed by atoms with Crippen LogP contribution >= 0.6 is 0 Å². The molecule has 2 amide bonds. The third-order valence-corrected chi connectivity index (χ3v) is 8.44. The Morgan fingerprint density at radius 3 is 2.58 bits per heavy atom. The van der Waals surface area contributed by atoms with Crippen molar-refractivity contribution in [1.82, 2.24) is 21.0 Å². The average Bonchev–Trinajstić information content (AvgIpc) is 2.95. The summed E-state index contributed by atoms with van der Waals surface area (Å²) in [6.07, 6.45) is -3.81. The van der Waals surface area contributed by atoms with Crippen LogP contribution in [0.5, 0.6) is 0 Å². The Labute approximate surface area is 251 Å². The molecule has 1 saturated carbocycles. The molecule has 1 saturated heterocycles. The maximum atomic E-state index is 12.7. The lowest BCUT2D eigenvalue weighted by atomic mass is 9.72. The van der Waals surface area contributed by atoms with Crippen LogP contribution in [-0.4, -0.2) is 150 Å². The van der Waals surface area contributed by atoms with Crippen molar-refractivity contribution >= 4 is 6.03 Å². The van der Waals surface area contributed by atoms with E-state index in [1.807, 2.05) is 6.08 Å². The van der Waals surface area contributed by atoms with E-state index in [-0.39, 0.29) is 45.2 Å². The van der Waals surface area contributed by atoms with Gasteiger partial charge in [-0.3, -0.25) is 5.21 Å². The number of hydroxylamine groups is 2. The van der Waals surface area contributed by atoms with Gasteiger partial charge in [-0.25, -0.2) is 9.86 Å². The second-order valence-electron chi connectivity index (χ2n) is 11.8. The van der Waals surface area contributed by atoms with Crippen LogP contribution in [0.15, 0.2) is 11.8 Å². The summed E-state index contributed by atoms with van der Waals surface area (Å²) in [4.78, 5) is 12.7. The van der Waals surface area contributed by atoms with Gasteiger partial charge < -0.3 is 73.5 Å². The Morgan fingerprint density at radius 1 is 1.23 bits per heavy atom. The van der Waals surface area contributed by atoms with E-state index in [2.05, 4.69) is 16.0 Å². The number of likely N-dealkylation sites (N-methyl/N-ethyl adjacent to an activating group) is 1. The van der Waals surface area contributed by atoms with Gasteiger partial charge in [0.05, 0.1) is 44.0 Å². The Balaban J connectivity index is 1.90. The molecule has 2 heterocycles. The molecule has 16 N–H and O–H groups in total. The van der Waals surface area contributed by atoms with Crippen LogP contribution in [0.3, 0.4) is 0 Å². The molecule has 43 heavy (non-hydrogen) atoms. The van der Waals surface area contributed by atoms with Crippen molar-refractivity contribution in [1.29, 1.82) is 0 Å². The smallest absolute Gasteiger partial charge is 0.341 e. The highest BCUT2D eigenvalue weighted by Gasteiger charge is 2.53. The van der Waals surface area contributed by atoms with Crippen LogP contribution in [-0.2, 0) is 14.2 Å². The molecular formula is C26H52N8O9. The van der Waals surface area contributed by atoms with E-state index in [9.17, 15) is 30.4 Å². The SMILES string of the molecule is CN[C@@H]1[C@@H](O)[C@@H](O[C@H]2[C@H](NC(=O)N(O)CCN)C[C@H](N)C([C@H]3OC(CN)=CC[C@H]3NCC(O)CCN)[C@@H]2O)OC[C@]1(C)O. The van der Waals surface area contributed by atoms with Crippen LogP contribution in [0.2, 0.25) is 0 Å². The number of nitrogens with one attached hydrogen (secondary N) is 3. The van der Waals surface area contributed by atoms with Gasteiger partial charge in [0.1, 0.15) is 29.7 Å². The summed E-state index contributed by atoms with van der Waals surface area (Å²) in [5.41, 5.74) is 22.1. The fourth-order valence-corrected chi connectivity index (χ4v) is 6.18. The topological polar surface area (TPSA) is 289 Å². The third kappa shape index (κ3) is 8.72. The lowest BCUT2D eigenvalue weighted by Gasteiger charge is -2.51. The number of aliphatic hydroxyl groups is 4. The van der Waals surface area contributed by atoms with Gasteiger partial charge in [-0.05, 0) is 45.9 Å². The van der Waals surface area contributed by atoms with Gasteiger partial charge >= 0.3 is 6.03 Å². The lowest BCUT2D eigenvalue weighted by molar-refractivity contribution is -0.297. The first-order chi connectivity index (χ1) is 20.4. The lowest BCUT2D eigenvalue weighted by Crippen LogP contribution is -2.70. The number of rotatable bonds is 13. The first-order valence-corrected chi connectivity index (χ1v) is 14.8. The highest BCUT2D eigenvalue weighted by atomic mass is 16.7. The van der Waals surface area contributed by atoms with Gasteiger partial charge in [0, 0.05) is 31.1 Å². The van der Waals surface area contributed by atoms with Crippen molar-refractivity contribution in [2.24, 2.45) is 28.9 Å². The van der Waals surface area contributed by atoms with E-state index >= 15 is 0 Å². The first-order valence-electron chi connectivity index (χ1n) is 14.8. The molecule has 0 bridgehead atoms. The number of carbonyl (C=O) groups excluding carboxylic acids is 1. The zero-order valence-corrected chi connectivity index (χ0v) is 24.9. The molecule has 0 aromatic heterocycles. The highest BCUT2D eigenvalue weighted by Crippen LogP contribution is 2.37. The molecule has 17 heteroatoms. The Hall–Kier alpha value is -1.71. The fourth-order valence-electron chi connectivity index (χ4n) is 6.18. The first kappa shape index (κ1) is 35.8. The van der Waals surface area contributed by atoms with Gasteiger partial charge in [-0.1, -0.05) is 0 Å². The largest absolute Gasteiger partial charge is 0.492 e. The number of ether oxygens (including phenoxy) is 3. The second kappa shape index (κ2) is 16.0. The van der Waals surface area contributed by atoms with E-state index in [4.69, 9.17) is 37.1 Å². The predicted octanol–water partition coefficient (Wildman–Crippen LogP) is -4.84. The summed E-state index contributed by atoms with van der Waals surface area (Å²) in [6.45, 7) is 1.86. The third-order valence-electron chi connectivity index (χ3n) is 8.44. The molecule has 3 rings (SSSR count). The van der Waals surface area contributed by atoms with Crippen LogP contribution < -0.4 is 38.9 Å². The van der Waals surface area contributed by atoms with Crippen molar-refractivity contribution in [3.63, 3.8) is 0 Å². The number of carbonyl (C=O) groups is 1. The molecule has 2 unspecified atom stereocenters. The van der Waals surface area contributed by atoms with E-state index < -0.39 is 72.5 Å². The summed E-state index contributed by atoms with van der Waals surface area (Å²) >= 11 is 0. The fraction of sp³-hybridized carbons (Fsp3) is 0.885. The summed E-state index contributed by atoms with van der Waals surface area (Å²) < 4.78 is 18.1. The van der Waals surface area contributed by atoms with E-state index in [1.165, 1.54) is 6.92 Å². The van der Waals surface area contributed by atoms with Crippen molar-refractivity contribution in [2.75, 3.05) is 46.4 Å². The number of hydrogen-bond acceptors (Lipinski definition) is 15. The number of hydrogen-bond donors (Lipinski definition) is 12. The Bertz CT molecular complexity index is 918. The molecule has 2 fully saturated rings. The van der Waals surface area contributed by atoms with Crippen molar-refractivity contribution in [3.05, 3.63) is 11.8 Å². The van der Waals surface area contributed by atoms with Gasteiger partial charge in [0.2, 0.25) is 0 Å². The Morgan fingerprint density at radius 2 is 1.95 bits per heavy atom. The van der Waals surface area contributed by atoms with Gasteiger partial charge in [-0.15, -0.1) is 0 Å². The predicted molar refractivity (Wildman–Crippen MR) is 154 cm³/mol. The van der Waals surface area contributed by atoms with Crippen LogP contribution in [0.1, 0.15) is 26.2 Å². The molecular weight excluding hydrogens is 568 g/mol. The van der Waals surface area contributed by atoms with Crippen LogP contribution in [0, 0.1) is 5.92 Å². The highest BCUT2D eigenvalue weighted by molar-refractivity contribution is 5.73. The number of nitrogens with two attached hydrogens (primary N) is 4.